The van der Waals surface area contributed by atoms with E-state index in [1.807, 2.05) is 18.7 Å². The molecule has 2 heterocycles. The molecule has 3 nitrogen and oxygen atoms in total. The summed E-state index contributed by atoms with van der Waals surface area (Å²) < 4.78 is 0. The van der Waals surface area contributed by atoms with Gasteiger partial charge in [-0.25, -0.2) is 0 Å². The van der Waals surface area contributed by atoms with Crippen LogP contribution in [0, 0.1) is 5.92 Å². The van der Waals surface area contributed by atoms with E-state index in [4.69, 9.17) is 0 Å². The van der Waals surface area contributed by atoms with Gasteiger partial charge in [0, 0.05) is 18.2 Å². The topological polar surface area (TPSA) is 32.3 Å². The standard InChI is InChI=1S/C17H24N2O/c1-12(2)17(20)19-9-3-4-15-10-13-5-7-18-8-6-14(13)11-16(15)19/h10-12,18H,3-9H2,1-2H3. The first kappa shape index (κ1) is 13.6. The molecule has 1 N–H and O–H groups in total. The maximum Gasteiger partial charge on any atom is 0.229 e. The van der Waals surface area contributed by atoms with Gasteiger partial charge >= 0.3 is 0 Å². The average Bonchev–Trinajstić information content (AvgIpc) is 2.68. The summed E-state index contributed by atoms with van der Waals surface area (Å²) in [6.07, 6.45) is 4.38. The summed E-state index contributed by atoms with van der Waals surface area (Å²) in [5.41, 5.74) is 5.45. The van der Waals surface area contributed by atoms with E-state index in [9.17, 15) is 4.79 Å². The van der Waals surface area contributed by atoms with Gasteiger partial charge in [-0.15, -0.1) is 0 Å². The molecule has 0 bridgehead atoms. The zero-order valence-corrected chi connectivity index (χ0v) is 12.5. The first-order valence-corrected chi connectivity index (χ1v) is 7.83. The van der Waals surface area contributed by atoms with Gasteiger partial charge in [-0.1, -0.05) is 19.9 Å². The fourth-order valence-corrected chi connectivity index (χ4v) is 3.30. The second-order valence-electron chi connectivity index (χ2n) is 6.25. The monoisotopic (exact) mass is 272 g/mol. The maximum absolute atomic E-state index is 12.4. The van der Waals surface area contributed by atoms with Gasteiger partial charge in [0.2, 0.25) is 5.91 Å². The Hall–Kier alpha value is -1.35. The zero-order chi connectivity index (χ0) is 14.1. The van der Waals surface area contributed by atoms with Gasteiger partial charge in [-0.3, -0.25) is 4.79 Å². The number of anilines is 1. The third-order valence-electron chi connectivity index (χ3n) is 4.42. The Bertz CT molecular complexity index is 522. The average molecular weight is 272 g/mol. The normalized spacial score (nSPS) is 18.4. The first-order chi connectivity index (χ1) is 9.66. The highest BCUT2D eigenvalue weighted by Gasteiger charge is 2.25. The fraction of sp³-hybridized carbons (Fsp3) is 0.588. The highest BCUT2D eigenvalue weighted by Crippen LogP contribution is 2.32. The molecule has 2 aliphatic rings. The third kappa shape index (κ3) is 2.47. The van der Waals surface area contributed by atoms with Crippen molar-refractivity contribution in [2.45, 2.75) is 39.5 Å². The molecule has 3 rings (SSSR count). The summed E-state index contributed by atoms with van der Waals surface area (Å²) in [5, 5.41) is 3.46. The number of benzene rings is 1. The van der Waals surface area contributed by atoms with Crippen molar-refractivity contribution in [2.75, 3.05) is 24.5 Å². The number of carbonyl (C=O) groups is 1. The minimum Gasteiger partial charge on any atom is -0.316 e. The number of fused-ring (bicyclic) bond motifs is 2. The molecular formula is C17H24N2O. The van der Waals surface area contributed by atoms with Crippen molar-refractivity contribution >= 4 is 11.6 Å². The van der Waals surface area contributed by atoms with E-state index in [0.29, 0.717) is 0 Å². The van der Waals surface area contributed by atoms with Crippen LogP contribution in [0.15, 0.2) is 12.1 Å². The summed E-state index contributed by atoms with van der Waals surface area (Å²) in [5.74, 6) is 0.332. The molecule has 108 valence electrons. The molecule has 0 atom stereocenters. The Morgan fingerprint density at radius 2 is 1.80 bits per heavy atom. The fourth-order valence-electron chi connectivity index (χ4n) is 3.30. The summed E-state index contributed by atoms with van der Waals surface area (Å²) in [7, 11) is 0. The summed E-state index contributed by atoms with van der Waals surface area (Å²) in [6.45, 7) is 6.97. The van der Waals surface area contributed by atoms with E-state index in [0.717, 1.165) is 45.3 Å². The van der Waals surface area contributed by atoms with Crippen molar-refractivity contribution < 1.29 is 4.79 Å². The van der Waals surface area contributed by atoms with Crippen molar-refractivity contribution in [3.8, 4) is 0 Å². The van der Waals surface area contributed by atoms with Gasteiger partial charge in [-0.05, 0) is 61.5 Å². The number of amides is 1. The Morgan fingerprint density at radius 1 is 1.10 bits per heavy atom. The number of nitrogens with zero attached hydrogens (tertiary/aromatic N) is 1. The second kappa shape index (κ2) is 5.57. The molecule has 0 spiro atoms. The summed E-state index contributed by atoms with van der Waals surface area (Å²) >= 11 is 0. The van der Waals surface area contributed by atoms with E-state index in [-0.39, 0.29) is 11.8 Å². The lowest BCUT2D eigenvalue weighted by atomic mass is 9.93. The van der Waals surface area contributed by atoms with Crippen molar-refractivity contribution in [3.63, 3.8) is 0 Å². The molecule has 0 unspecified atom stereocenters. The van der Waals surface area contributed by atoms with Crippen LogP contribution < -0.4 is 10.2 Å². The molecule has 0 saturated carbocycles. The minimum absolute atomic E-state index is 0.0708. The highest BCUT2D eigenvalue weighted by molar-refractivity contribution is 5.96. The highest BCUT2D eigenvalue weighted by atomic mass is 16.2. The quantitative estimate of drug-likeness (QED) is 0.851. The number of hydrogen-bond donors (Lipinski definition) is 1. The molecule has 3 heteroatoms. The van der Waals surface area contributed by atoms with Gasteiger partial charge in [0.05, 0.1) is 0 Å². The van der Waals surface area contributed by atoms with Crippen LogP contribution in [0.4, 0.5) is 5.69 Å². The van der Waals surface area contributed by atoms with Crippen molar-refractivity contribution in [2.24, 2.45) is 5.92 Å². The summed E-state index contributed by atoms with van der Waals surface area (Å²) in [6, 6.07) is 4.65. The number of carbonyl (C=O) groups excluding carboxylic acids is 1. The van der Waals surface area contributed by atoms with Crippen LogP contribution in [0.5, 0.6) is 0 Å². The van der Waals surface area contributed by atoms with Gasteiger partial charge in [-0.2, -0.15) is 0 Å². The van der Waals surface area contributed by atoms with Crippen LogP contribution in [-0.4, -0.2) is 25.5 Å². The third-order valence-corrected chi connectivity index (χ3v) is 4.42. The second-order valence-corrected chi connectivity index (χ2v) is 6.25. The molecule has 0 aliphatic carbocycles. The van der Waals surface area contributed by atoms with Crippen LogP contribution in [0.3, 0.4) is 0 Å². The van der Waals surface area contributed by atoms with Crippen LogP contribution in [-0.2, 0) is 24.1 Å². The first-order valence-electron chi connectivity index (χ1n) is 7.83. The van der Waals surface area contributed by atoms with Crippen molar-refractivity contribution in [3.05, 3.63) is 28.8 Å². The lowest BCUT2D eigenvalue weighted by molar-refractivity contribution is -0.121. The summed E-state index contributed by atoms with van der Waals surface area (Å²) in [4.78, 5) is 14.4. The molecule has 1 aromatic carbocycles. The lowest BCUT2D eigenvalue weighted by Crippen LogP contribution is -2.38. The molecule has 20 heavy (non-hydrogen) atoms. The Kier molecular flexibility index (Phi) is 3.79. The van der Waals surface area contributed by atoms with Crippen LogP contribution in [0.1, 0.15) is 37.0 Å². The van der Waals surface area contributed by atoms with E-state index in [1.165, 1.54) is 22.4 Å². The number of nitrogens with one attached hydrogen (secondary N) is 1. The number of hydrogen-bond acceptors (Lipinski definition) is 2. The molecule has 0 saturated heterocycles. The molecular weight excluding hydrogens is 248 g/mol. The van der Waals surface area contributed by atoms with E-state index < -0.39 is 0 Å². The molecule has 2 aliphatic heterocycles. The van der Waals surface area contributed by atoms with Gasteiger partial charge in [0.25, 0.3) is 0 Å². The van der Waals surface area contributed by atoms with Crippen molar-refractivity contribution in [1.82, 2.24) is 5.32 Å². The van der Waals surface area contributed by atoms with Gasteiger partial charge in [0.1, 0.15) is 0 Å². The van der Waals surface area contributed by atoms with E-state index in [2.05, 4.69) is 17.4 Å². The van der Waals surface area contributed by atoms with E-state index in [1.54, 1.807) is 0 Å². The molecule has 1 aromatic rings. The Labute approximate surface area is 121 Å². The Balaban J connectivity index is 2.00. The number of rotatable bonds is 1. The Morgan fingerprint density at radius 3 is 2.50 bits per heavy atom. The minimum atomic E-state index is 0.0708. The van der Waals surface area contributed by atoms with Crippen LogP contribution >= 0.6 is 0 Å². The maximum atomic E-state index is 12.4. The van der Waals surface area contributed by atoms with Crippen LogP contribution in [0.2, 0.25) is 0 Å². The largest absolute Gasteiger partial charge is 0.316 e. The van der Waals surface area contributed by atoms with E-state index >= 15 is 0 Å². The molecule has 0 fully saturated rings. The number of aryl methyl sites for hydroxylation is 1. The predicted molar refractivity (Wildman–Crippen MR) is 82.2 cm³/mol. The SMILES string of the molecule is CC(C)C(=O)N1CCCc2cc3c(cc21)CCNCC3. The van der Waals surface area contributed by atoms with Gasteiger partial charge < -0.3 is 10.2 Å². The molecule has 0 aromatic heterocycles. The van der Waals surface area contributed by atoms with Crippen LogP contribution in [0.25, 0.3) is 0 Å². The van der Waals surface area contributed by atoms with Gasteiger partial charge in [0.15, 0.2) is 0 Å². The zero-order valence-electron chi connectivity index (χ0n) is 12.5. The smallest absolute Gasteiger partial charge is 0.229 e. The van der Waals surface area contributed by atoms with Crippen molar-refractivity contribution in [1.29, 1.82) is 0 Å². The molecule has 0 radical (unpaired) electrons. The predicted octanol–water partition coefficient (Wildman–Crippen LogP) is 2.31. The molecule has 1 amide bonds. The lowest BCUT2D eigenvalue weighted by Gasteiger charge is -2.32.